The molecule has 0 amide bonds. The molecule has 4 aromatic rings. The van der Waals surface area contributed by atoms with Crippen molar-refractivity contribution in [2.45, 2.75) is 33.1 Å². The molecule has 2 aromatic carbocycles. The second-order valence-electron chi connectivity index (χ2n) is 7.39. The Bertz CT molecular complexity index is 1350. The van der Waals surface area contributed by atoms with Crippen molar-refractivity contribution in [2.24, 2.45) is 5.16 Å². The van der Waals surface area contributed by atoms with E-state index in [1.54, 1.807) is 12.1 Å². The van der Waals surface area contributed by atoms with Gasteiger partial charge < -0.3 is 9.77 Å². The van der Waals surface area contributed by atoms with Crippen LogP contribution in [0.1, 0.15) is 41.4 Å². The molecule has 158 valence electrons. The van der Waals surface area contributed by atoms with E-state index in [9.17, 15) is 20.1 Å². The van der Waals surface area contributed by atoms with Crippen molar-refractivity contribution in [1.82, 2.24) is 4.57 Å². The maximum atomic E-state index is 12.9. The summed E-state index contributed by atoms with van der Waals surface area (Å²) in [5, 5.41) is 26.4. The molecule has 7 nitrogen and oxygen atoms in total. The minimum absolute atomic E-state index is 0.0360. The van der Waals surface area contributed by atoms with Crippen LogP contribution in [0, 0.1) is 17.0 Å². The maximum Gasteiger partial charge on any atom is 0.270 e. The molecule has 0 aliphatic rings. The van der Waals surface area contributed by atoms with Crippen LogP contribution in [0.25, 0.3) is 26.8 Å². The lowest BCUT2D eigenvalue weighted by Gasteiger charge is -2.06. The molecule has 1 N–H and O–H groups in total. The van der Waals surface area contributed by atoms with Gasteiger partial charge in [-0.15, -0.1) is 11.3 Å². The van der Waals surface area contributed by atoms with Crippen LogP contribution in [-0.2, 0) is 0 Å². The number of unbranched alkanes of at least 4 members (excludes halogenated alkanes) is 1. The molecule has 0 atom stereocenters. The highest BCUT2D eigenvalue weighted by Crippen LogP contribution is 2.37. The predicted molar refractivity (Wildman–Crippen MR) is 123 cm³/mol. The third kappa shape index (κ3) is 3.59. The molecular weight excluding hydrogens is 414 g/mol. The topological polar surface area (TPSA) is 97.7 Å². The van der Waals surface area contributed by atoms with Crippen molar-refractivity contribution in [3.05, 3.63) is 69.1 Å². The molecule has 8 heteroatoms. The van der Waals surface area contributed by atoms with E-state index in [0.29, 0.717) is 11.3 Å². The lowest BCUT2D eigenvalue weighted by molar-refractivity contribution is -0.384. The first-order valence-corrected chi connectivity index (χ1v) is 10.8. The van der Waals surface area contributed by atoms with Crippen molar-refractivity contribution in [2.75, 3.05) is 0 Å². The molecular formula is C23H21N3O4S. The summed E-state index contributed by atoms with van der Waals surface area (Å²) < 4.78 is 2.03. The second kappa shape index (κ2) is 8.31. The van der Waals surface area contributed by atoms with Crippen LogP contribution in [0.5, 0.6) is 0 Å². The number of ketones is 1. The summed E-state index contributed by atoms with van der Waals surface area (Å²) in [7, 11) is 0. The third-order valence-corrected chi connectivity index (χ3v) is 6.56. The Morgan fingerprint density at radius 1 is 1.16 bits per heavy atom. The SMILES string of the molecule is CCCCC(=NO)C(=O)c1cc(C)c(-n2c3ccccc3c3cc([N+](=O)[O-])ccc32)s1. The molecule has 0 aliphatic carbocycles. The summed E-state index contributed by atoms with van der Waals surface area (Å²) in [4.78, 5) is 24.3. The fourth-order valence-electron chi connectivity index (χ4n) is 3.80. The van der Waals surface area contributed by atoms with Crippen molar-refractivity contribution in [3.63, 3.8) is 0 Å². The number of aryl methyl sites for hydroxylation is 1. The zero-order chi connectivity index (χ0) is 22.1. The summed E-state index contributed by atoms with van der Waals surface area (Å²) in [6.07, 6.45) is 2.10. The summed E-state index contributed by atoms with van der Waals surface area (Å²) in [6, 6.07) is 14.4. The van der Waals surface area contributed by atoms with Gasteiger partial charge in [-0.1, -0.05) is 36.7 Å². The van der Waals surface area contributed by atoms with Crippen molar-refractivity contribution in [1.29, 1.82) is 0 Å². The van der Waals surface area contributed by atoms with E-state index in [2.05, 4.69) is 5.16 Å². The minimum Gasteiger partial charge on any atom is -0.411 e. The quantitative estimate of drug-likeness (QED) is 0.122. The Morgan fingerprint density at radius 2 is 1.90 bits per heavy atom. The number of nitro groups is 1. The normalized spacial score (nSPS) is 12.0. The Hall–Kier alpha value is -3.52. The van der Waals surface area contributed by atoms with Gasteiger partial charge in [0.2, 0.25) is 5.78 Å². The molecule has 0 unspecified atom stereocenters. The monoisotopic (exact) mass is 435 g/mol. The van der Waals surface area contributed by atoms with Gasteiger partial charge in [0, 0.05) is 22.9 Å². The van der Waals surface area contributed by atoms with Crippen LogP contribution in [0.15, 0.2) is 53.7 Å². The third-order valence-electron chi connectivity index (χ3n) is 5.34. The zero-order valence-electron chi connectivity index (χ0n) is 17.2. The Balaban J connectivity index is 1.89. The number of hydrogen-bond donors (Lipinski definition) is 1. The van der Waals surface area contributed by atoms with Crippen LogP contribution in [0.3, 0.4) is 0 Å². The molecule has 0 fully saturated rings. The van der Waals surface area contributed by atoms with Crippen LogP contribution < -0.4 is 0 Å². The standard InChI is InChI=1S/C23H21N3O4S/c1-3-4-8-18(24-28)22(27)21-12-14(2)23(31-21)25-19-9-6-5-7-16(19)17-13-15(26(29)30)10-11-20(17)25/h5-7,9-13,28H,3-4,8H2,1-2H3. The molecule has 0 saturated carbocycles. The summed E-state index contributed by atoms with van der Waals surface area (Å²) >= 11 is 1.33. The van der Waals surface area contributed by atoms with Crippen molar-refractivity contribution < 1.29 is 14.9 Å². The lowest BCUT2D eigenvalue weighted by atomic mass is 10.1. The first-order chi connectivity index (χ1) is 15.0. The molecule has 4 rings (SSSR count). The fraction of sp³-hybridized carbons (Fsp3) is 0.217. The highest BCUT2D eigenvalue weighted by atomic mass is 32.1. The Kier molecular flexibility index (Phi) is 5.56. The van der Waals surface area contributed by atoms with E-state index in [-0.39, 0.29) is 17.2 Å². The van der Waals surface area contributed by atoms with E-state index in [0.717, 1.165) is 45.2 Å². The molecule has 2 aromatic heterocycles. The maximum absolute atomic E-state index is 12.9. The number of thiophene rings is 1. The lowest BCUT2D eigenvalue weighted by Crippen LogP contribution is -2.13. The van der Waals surface area contributed by atoms with E-state index in [1.165, 1.54) is 17.4 Å². The zero-order valence-corrected chi connectivity index (χ0v) is 18.0. The van der Waals surface area contributed by atoms with Crippen LogP contribution in [0.2, 0.25) is 0 Å². The van der Waals surface area contributed by atoms with Crippen LogP contribution in [0.4, 0.5) is 5.69 Å². The smallest absolute Gasteiger partial charge is 0.270 e. The average molecular weight is 436 g/mol. The minimum atomic E-state index is -0.398. The highest BCUT2D eigenvalue weighted by molar-refractivity contribution is 7.17. The number of benzene rings is 2. The van der Waals surface area contributed by atoms with Gasteiger partial charge in [0.25, 0.3) is 5.69 Å². The number of Topliss-reactive ketones (excluding diaryl/α,β-unsaturated/α-hetero) is 1. The number of nitro benzene ring substituents is 1. The molecule has 0 saturated heterocycles. The van der Waals surface area contributed by atoms with Crippen molar-refractivity contribution in [3.8, 4) is 5.00 Å². The molecule has 0 radical (unpaired) electrons. The van der Waals surface area contributed by atoms with Gasteiger partial charge in [-0.3, -0.25) is 14.9 Å². The number of carbonyl (C=O) groups excluding carboxylic acids is 1. The fourth-order valence-corrected chi connectivity index (χ4v) is 4.96. The molecule has 0 spiro atoms. The number of oxime groups is 1. The number of para-hydroxylation sites is 1. The van der Waals surface area contributed by atoms with Gasteiger partial charge in [0.05, 0.1) is 20.8 Å². The van der Waals surface area contributed by atoms with E-state index < -0.39 is 4.92 Å². The van der Waals surface area contributed by atoms with E-state index >= 15 is 0 Å². The van der Waals surface area contributed by atoms with E-state index in [4.69, 9.17) is 0 Å². The Morgan fingerprint density at radius 3 is 2.61 bits per heavy atom. The average Bonchev–Trinajstić information content (AvgIpc) is 3.31. The number of aromatic nitrogens is 1. The molecule has 0 bridgehead atoms. The number of rotatable bonds is 7. The van der Waals surface area contributed by atoms with E-state index in [1.807, 2.05) is 48.7 Å². The van der Waals surface area contributed by atoms with Crippen molar-refractivity contribution >= 4 is 50.3 Å². The number of nitrogens with zero attached hydrogens (tertiary/aromatic N) is 3. The molecule has 2 heterocycles. The molecule has 31 heavy (non-hydrogen) atoms. The first kappa shape index (κ1) is 20.7. The first-order valence-electron chi connectivity index (χ1n) is 10.00. The number of non-ortho nitro benzene ring substituents is 1. The molecule has 0 aliphatic heterocycles. The summed E-state index contributed by atoms with van der Waals surface area (Å²) in [6.45, 7) is 3.94. The summed E-state index contributed by atoms with van der Waals surface area (Å²) in [5.41, 5.74) is 2.84. The number of carbonyl (C=O) groups is 1. The summed E-state index contributed by atoms with van der Waals surface area (Å²) in [5.74, 6) is -0.272. The Labute approximate surface area is 182 Å². The van der Waals surface area contributed by atoms with Gasteiger partial charge in [-0.05, 0) is 43.5 Å². The largest absolute Gasteiger partial charge is 0.411 e. The van der Waals surface area contributed by atoms with Gasteiger partial charge in [0.1, 0.15) is 10.7 Å². The number of fused-ring (bicyclic) bond motifs is 3. The number of hydrogen-bond acceptors (Lipinski definition) is 6. The van der Waals surface area contributed by atoms with Crippen LogP contribution in [-0.4, -0.2) is 26.2 Å². The predicted octanol–water partition coefficient (Wildman–Crippen LogP) is 6.26. The second-order valence-corrected chi connectivity index (χ2v) is 8.42. The van der Waals surface area contributed by atoms with Gasteiger partial charge in [0.15, 0.2) is 0 Å². The van der Waals surface area contributed by atoms with Gasteiger partial charge in [-0.2, -0.15) is 0 Å². The van der Waals surface area contributed by atoms with Gasteiger partial charge in [-0.25, -0.2) is 0 Å². The van der Waals surface area contributed by atoms with Crippen LogP contribution >= 0.6 is 11.3 Å². The van der Waals surface area contributed by atoms with Gasteiger partial charge >= 0.3 is 0 Å². The highest BCUT2D eigenvalue weighted by Gasteiger charge is 2.22.